The third-order valence-electron chi connectivity index (χ3n) is 7.64. The second-order valence-corrected chi connectivity index (χ2v) is 10.3. The summed E-state index contributed by atoms with van der Waals surface area (Å²) in [5.74, 6) is 1.09. The van der Waals surface area contributed by atoms with Gasteiger partial charge in [-0.2, -0.15) is 0 Å². The van der Waals surface area contributed by atoms with Gasteiger partial charge >= 0.3 is 0 Å². The highest BCUT2D eigenvalue weighted by Gasteiger charge is 2.35. The van der Waals surface area contributed by atoms with Gasteiger partial charge in [-0.3, -0.25) is 4.79 Å². The van der Waals surface area contributed by atoms with Crippen LogP contribution in [-0.2, 0) is 4.79 Å². The minimum atomic E-state index is -0.365. The van der Waals surface area contributed by atoms with E-state index < -0.39 is 0 Å². The Kier molecular flexibility index (Phi) is 9.09. The summed E-state index contributed by atoms with van der Waals surface area (Å²) in [6, 6.07) is 6.34. The molecule has 1 aliphatic heterocycles. The van der Waals surface area contributed by atoms with Gasteiger partial charge in [0.25, 0.3) is 0 Å². The quantitative estimate of drug-likeness (QED) is 0.433. The first-order valence-corrected chi connectivity index (χ1v) is 13.5. The summed E-state index contributed by atoms with van der Waals surface area (Å²) >= 11 is 0. The first-order valence-electron chi connectivity index (χ1n) is 13.5. The first kappa shape index (κ1) is 24.8. The van der Waals surface area contributed by atoms with Gasteiger partial charge in [-0.05, 0) is 62.8 Å². The fourth-order valence-corrected chi connectivity index (χ4v) is 5.77. The van der Waals surface area contributed by atoms with E-state index in [1.165, 1.54) is 32.1 Å². The van der Waals surface area contributed by atoms with E-state index in [1.807, 2.05) is 30.4 Å². The third kappa shape index (κ3) is 6.65. The number of nitrogens with zero attached hydrogens (tertiary/aromatic N) is 1. The minimum absolute atomic E-state index is 0.00941. The maximum Gasteiger partial charge on any atom is 0.223 e. The van der Waals surface area contributed by atoms with Gasteiger partial charge in [-0.1, -0.05) is 57.6 Å². The van der Waals surface area contributed by atoms with E-state index in [4.69, 9.17) is 4.74 Å². The normalized spacial score (nSPS) is 23.4. The number of hydrogen-bond donors (Lipinski definition) is 2. The molecule has 186 valence electrons. The molecule has 0 radical (unpaired) electrons. The highest BCUT2D eigenvalue weighted by atomic mass is 16.5. The third-order valence-corrected chi connectivity index (χ3v) is 7.64. The van der Waals surface area contributed by atoms with E-state index in [0.29, 0.717) is 19.1 Å². The molecule has 0 bridgehead atoms. The summed E-state index contributed by atoms with van der Waals surface area (Å²) in [6.07, 6.45) is 18.3. The van der Waals surface area contributed by atoms with Crippen molar-refractivity contribution in [1.29, 1.82) is 0 Å². The minimum Gasteiger partial charge on any atom is -0.494 e. The zero-order chi connectivity index (χ0) is 23.8. The predicted molar refractivity (Wildman–Crippen MR) is 139 cm³/mol. The predicted octanol–water partition coefficient (Wildman–Crippen LogP) is 6.43. The number of nitrogens with one attached hydrogen (secondary N) is 1. The maximum atomic E-state index is 13.5. The molecule has 0 saturated heterocycles. The number of benzene rings is 1. The number of carbonyl (C=O) groups excluding carboxylic acids is 1. The lowest BCUT2D eigenvalue weighted by Crippen LogP contribution is -2.53. The first-order chi connectivity index (χ1) is 16.6. The molecule has 2 fully saturated rings. The van der Waals surface area contributed by atoms with Crippen LogP contribution in [0.5, 0.6) is 5.75 Å². The molecule has 0 unspecified atom stereocenters. The van der Waals surface area contributed by atoms with Crippen LogP contribution in [0.1, 0.15) is 95.5 Å². The summed E-state index contributed by atoms with van der Waals surface area (Å²) in [5.41, 5.74) is 3.03. The van der Waals surface area contributed by atoms with Crippen molar-refractivity contribution in [1.82, 2.24) is 4.90 Å². The molecule has 2 aliphatic carbocycles. The van der Waals surface area contributed by atoms with Gasteiger partial charge in [0.2, 0.25) is 5.91 Å². The Bertz CT molecular complexity index is 857. The van der Waals surface area contributed by atoms with Gasteiger partial charge in [0.1, 0.15) is 5.75 Å². The van der Waals surface area contributed by atoms with Crippen LogP contribution in [0.2, 0.25) is 0 Å². The van der Waals surface area contributed by atoms with Crippen LogP contribution in [0.25, 0.3) is 6.08 Å². The van der Waals surface area contributed by atoms with Crippen molar-refractivity contribution >= 4 is 17.7 Å². The smallest absolute Gasteiger partial charge is 0.223 e. The molecular weight excluding hydrogens is 424 g/mol. The van der Waals surface area contributed by atoms with Crippen molar-refractivity contribution < 1.29 is 14.6 Å². The van der Waals surface area contributed by atoms with E-state index in [2.05, 4.69) is 16.8 Å². The number of allylic oxidation sites excluding steroid dienone is 1. The molecule has 1 aromatic rings. The Labute approximate surface area is 205 Å². The number of anilines is 1. The molecule has 2 saturated carbocycles. The standard InChI is InChI=1S/C29H42N2O3/c1-22-16-17-23-21-25(18-19-26(23)30-22)34-20-10-9-15-29(33)31(27-13-7-8-14-28(27)32)24-11-5-3-2-4-6-12-24/h16-19,21,24,27-28,30,32H,1-15,20H2/t27-,28-/m1/s1. The molecule has 1 amide bonds. The Morgan fingerprint density at radius 1 is 1.00 bits per heavy atom. The van der Waals surface area contributed by atoms with Crippen LogP contribution in [0.15, 0.2) is 36.6 Å². The summed E-state index contributed by atoms with van der Waals surface area (Å²) < 4.78 is 5.97. The van der Waals surface area contributed by atoms with Crippen LogP contribution in [0, 0.1) is 0 Å². The number of aliphatic hydroxyl groups excluding tert-OH is 1. The largest absolute Gasteiger partial charge is 0.494 e. The molecule has 2 N–H and O–H groups in total. The maximum absolute atomic E-state index is 13.5. The molecular formula is C29H42N2O3. The molecule has 2 atom stereocenters. The number of rotatable bonds is 8. The molecule has 5 nitrogen and oxygen atoms in total. The average molecular weight is 467 g/mol. The molecule has 0 spiro atoms. The molecule has 3 aliphatic rings. The van der Waals surface area contributed by atoms with Crippen molar-refractivity contribution in [2.24, 2.45) is 0 Å². The van der Waals surface area contributed by atoms with Gasteiger partial charge < -0.3 is 20.1 Å². The Balaban J connectivity index is 1.28. The van der Waals surface area contributed by atoms with Crippen molar-refractivity contribution in [3.05, 3.63) is 42.1 Å². The number of amides is 1. The lowest BCUT2D eigenvalue weighted by Gasteiger charge is -2.43. The lowest BCUT2D eigenvalue weighted by molar-refractivity contribution is -0.141. The zero-order valence-corrected chi connectivity index (χ0v) is 20.6. The monoisotopic (exact) mass is 466 g/mol. The summed E-state index contributed by atoms with van der Waals surface area (Å²) in [6.45, 7) is 4.53. The van der Waals surface area contributed by atoms with Crippen molar-refractivity contribution in [3.8, 4) is 5.75 Å². The topological polar surface area (TPSA) is 61.8 Å². The van der Waals surface area contributed by atoms with E-state index in [0.717, 1.165) is 74.1 Å². The summed E-state index contributed by atoms with van der Waals surface area (Å²) in [4.78, 5) is 15.6. The molecule has 0 aromatic heterocycles. The van der Waals surface area contributed by atoms with E-state index in [9.17, 15) is 9.90 Å². The average Bonchev–Trinajstić information content (AvgIpc) is 2.81. The van der Waals surface area contributed by atoms with E-state index in [1.54, 1.807) is 0 Å². The Morgan fingerprint density at radius 3 is 2.53 bits per heavy atom. The van der Waals surface area contributed by atoms with Crippen molar-refractivity contribution in [2.45, 2.75) is 108 Å². The lowest BCUT2D eigenvalue weighted by atomic mass is 9.87. The molecule has 4 rings (SSSR count). The van der Waals surface area contributed by atoms with Crippen LogP contribution >= 0.6 is 0 Å². The van der Waals surface area contributed by atoms with Crippen LogP contribution in [0.3, 0.4) is 0 Å². The number of ether oxygens (including phenoxy) is 1. The van der Waals surface area contributed by atoms with E-state index in [-0.39, 0.29) is 18.1 Å². The number of carbonyl (C=O) groups is 1. The number of aliphatic hydroxyl groups is 1. The van der Waals surface area contributed by atoms with Crippen LogP contribution < -0.4 is 10.1 Å². The zero-order valence-electron chi connectivity index (χ0n) is 20.6. The van der Waals surface area contributed by atoms with Crippen LogP contribution in [0.4, 0.5) is 5.69 Å². The van der Waals surface area contributed by atoms with Crippen LogP contribution in [-0.4, -0.2) is 40.7 Å². The summed E-state index contributed by atoms with van der Waals surface area (Å²) in [7, 11) is 0. The van der Waals surface area contributed by atoms with Gasteiger partial charge in [-0.25, -0.2) is 0 Å². The summed E-state index contributed by atoms with van der Waals surface area (Å²) in [5, 5.41) is 14.0. The Hall–Kier alpha value is -2.27. The number of unbranched alkanes of at least 4 members (excludes halogenated alkanes) is 1. The van der Waals surface area contributed by atoms with Crippen molar-refractivity contribution in [2.75, 3.05) is 11.9 Å². The highest BCUT2D eigenvalue weighted by molar-refractivity contribution is 5.77. The van der Waals surface area contributed by atoms with Crippen molar-refractivity contribution in [3.63, 3.8) is 0 Å². The SMILES string of the molecule is C=C1C=Cc2cc(OCCCCC(=O)N(C3CCCCCCC3)[C@@H]3CCCC[C@H]3O)ccc2N1. The highest BCUT2D eigenvalue weighted by Crippen LogP contribution is 2.31. The van der Waals surface area contributed by atoms with Gasteiger partial charge in [0.05, 0.1) is 18.8 Å². The van der Waals surface area contributed by atoms with E-state index >= 15 is 0 Å². The second kappa shape index (κ2) is 12.4. The molecule has 1 heterocycles. The molecule has 1 aromatic carbocycles. The van der Waals surface area contributed by atoms with Gasteiger partial charge in [0.15, 0.2) is 0 Å². The molecule has 34 heavy (non-hydrogen) atoms. The number of fused-ring (bicyclic) bond motifs is 1. The van der Waals surface area contributed by atoms with Gasteiger partial charge in [0, 0.05) is 29.4 Å². The molecule has 5 heteroatoms. The Morgan fingerprint density at radius 2 is 1.74 bits per heavy atom. The second-order valence-electron chi connectivity index (χ2n) is 10.3. The van der Waals surface area contributed by atoms with Gasteiger partial charge in [-0.15, -0.1) is 0 Å². The fourth-order valence-electron chi connectivity index (χ4n) is 5.77. The number of hydrogen-bond acceptors (Lipinski definition) is 4. The fraction of sp³-hybridized carbons (Fsp3) is 0.621.